The zero-order valence-electron chi connectivity index (χ0n) is 4.17. The van der Waals surface area contributed by atoms with Gasteiger partial charge in [-0.3, -0.25) is 0 Å². The van der Waals surface area contributed by atoms with Gasteiger partial charge in [0.25, 0.3) is 0 Å². The van der Waals surface area contributed by atoms with Gasteiger partial charge < -0.3 is 0 Å². The summed E-state index contributed by atoms with van der Waals surface area (Å²) in [4.78, 5) is 0. The van der Waals surface area contributed by atoms with Crippen molar-refractivity contribution in [2.75, 3.05) is 0 Å². The van der Waals surface area contributed by atoms with Crippen LogP contribution >= 0.6 is 22.2 Å². The molecule has 0 aliphatic heterocycles. The van der Waals surface area contributed by atoms with Gasteiger partial charge in [0, 0.05) is 6.04 Å². The Bertz CT molecular complexity index is 120. The Morgan fingerprint density at radius 2 is 1.67 bits per heavy atom. The second-order valence-corrected chi connectivity index (χ2v) is 6.28. The Morgan fingerprint density at radius 1 is 1.22 bits per heavy atom. The van der Waals surface area contributed by atoms with Crippen LogP contribution in [-0.2, 0) is 0 Å². The quantitative estimate of drug-likeness (QED) is 0.469. The second kappa shape index (κ2) is 4.19. The summed E-state index contributed by atoms with van der Waals surface area (Å²) in [7, 11) is -2.25. The first-order chi connectivity index (χ1) is 4.04. The monoisotopic (exact) mass is 194 g/mol. The van der Waals surface area contributed by atoms with E-state index in [-0.39, 0.29) is 0 Å². The lowest BCUT2D eigenvalue weighted by molar-refractivity contribution is 0.380. The molecule has 0 aromatic heterocycles. The van der Waals surface area contributed by atoms with Crippen molar-refractivity contribution in [1.29, 1.82) is 0 Å². The van der Waals surface area contributed by atoms with Gasteiger partial charge in [-0.1, -0.05) is 0 Å². The van der Waals surface area contributed by atoms with Gasteiger partial charge in [0.2, 0.25) is 7.42 Å². The number of hydrogen-bond acceptors (Lipinski definition) is 0. The summed E-state index contributed by atoms with van der Waals surface area (Å²) in [6, 6.07) is -0.495. The largest absolute Gasteiger partial charge is 0.301 e. The molecule has 0 fully saturated rings. The van der Waals surface area contributed by atoms with Crippen molar-refractivity contribution >= 4 is 29.6 Å². The molecule has 0 aromatic carbocycles. The molecule has 0 radical (unpaired) electrons. The lowest BCUT2D eigenvalue weighted by atomic mass is 10.7. The SMILES string of the molecule is FC(F)=C(F)C[SiH](Cl)Cl. The van der Waals surface area contributed by atoms with Crippen LogP contribution in [0.5, 0.6) is 0 Å². The van der Waals surface area contributed by atoms with E-state index in [1.165, 1.54) is 0 Å². The standard InChI is InChI=1S/C3H3Cl2F3Si/c4-9(5)1-2(6)3(7)8/h9H,1H2. The van der Waals surface area contributed by atoms with E-state index in [1.807, 2.05) is 0 Å². The minimum atomic E-state index is -2.33. The molecule has 0 atom stereocenters. The molecule has 0 N–H and O–H groups in total. The lowest BCUT2D eigenvalue weighted by Crippen LogP contribution is -1.91. The first-order valence-corrected chi connectivity index (χ1v) is 6.32. The number of hydrogen-bond donors (Lipinski definition) is 0. The van der Waals surface area contributed by atoms with Gasteiger partial charge in [0.15, 0.2) is 5.83 Å². The fourth-order valence-electron chi connectivity index (χ4n) is 0.213. The molecule has 0 aromatic rings. The van der Waals surface area contributed by atoms with Crippen molar-refractivity contribution in [2.45, 2.75) is 6.04 Å². The van der Waals surface area contributed by atoms with Crippen LogP contribution in [0.3, 0.4) is 0 Å². The van der Waals surface area contributed by atoms with Gasteiger partial charge in [0.1, 0.15) is 0 Å². The van der Waals surface area contributed by atoms with Crippen molar-refractivity contribution in [2.24, 2.45) is 0 Å². The predicted molar refractivity (Wildman–Crippen MR) is 34.0 cm³/mol. The smallest absolute Gasteiger partial charge is 0.206 e. The third-order valence-electron chi connectivity index (χ3n) is 0.539. The number of halogens is 5. The van der Waals surface area contributed by atoms with E-state index in [2.05, 4.69) is 0 Å². The fraction of sp³-hybridized carbons (Fsp3) is 0.333. The summed E-state index contributed by atoms with van der Waals surface area (Å²) < 4.78 is 34.2. The summed E-state index contributed by atoms with van der Waals surface area (Å²) >= 11 is 10.2. The molecule has 0 nitrogen and oxygen atoms in total. The molecule has 0 aliphatic rings. The summed E-state index contributed by atoms with van der Waals surface area (Å²) in [5, 5.41) is 0. The molecule has 54 valence electrons. The summed E-state index contributed by atoms with van der Waals surface area (Å²) in [6.45, 7) is 0. The van der Waals surface area contributed by atoms with Crippen LogP contribution in [0.4, 0.5) is 13.2 Å². The first kappa shape index (κ1) is 9.33. The minimum absolute atomic E-state index is 0.495. The van der Waals surface area contributed by atoms with E-state index in [4.69, 9.17) is 22.2 Å². The van der Waals surface area contributed by atoms with E-state index in [0.29, 0.717) is 0 Å². The highest BCUT2D eigenvalue weighted by Gasteiger charge is 2.10. The molecule has 0 unspecified atom stereocenters. The van der Waals surface area contributed by atoms with Gasteiger partial charge >= 0.3 is 6.08 Å². The molecule has 9 heavy (non-hydrogen) atoms. The van der Waals surface area contributed by atoms with Gasteiger partial charge in [0.05, 0.1) is 0 Å². The molecular weight excluding hydrogens is 192 g/mol. The van der Waals surface area contributed by atoms with Gasteiger partial charge in [-0.25, -0.2) is 4.39 Å². The highest BCUT2D eigenvalue weighted by molar-refractivity contribution is 7.33. The Morgan fingerprint density at radius 3 is 1.78 bits per heavy atom. The summed E-state index contributed by atoms with van der Waals surface area (Å²) in [5.74, 6) is -1.49. The maximum Gasteiger partial charge on any atom is 0.301 e. The average Bonchev–Trinajstić information content (AvgIpc) is 1.63. The molecule has 0 bridgehead atoms. The molecule has 0 aliphatic carbocycles. The molecule has 0 saturated heterocycles. The molecular formula is C3H3Cl2F3Si. The van der Waals surface area contributed by atoms with E-state index in [0.717, 1.165) is 0 Å². The van der Waals surface area contributed by atoms with Crippen molar-refractivity contribution in [3.8, 4) is 0 Å². The minimum Gasteiger partial charge on any atom is -0.206 e. The maximum absolute atomic E-state index is 11.8. The Balaban J connectivity index is 3.77. The van der Waals surface area contributed by atoms with E-state index in [9.17, 15) is 13.2 Å². The van der Waals surface area contributed by atoms with Crippen LogP contribution < -0.4 is 0 Å². The van der Waals surface area contributed by atoms with Crippen molar-refractivity contribution in [3.63, 3.8) is 0 Å². The Hall–Kier alpha value is 0.327. The van der Waals surface area contributed by atoms with Gasteiger partial charge in [-0.15, -0.1) is 22.2 Å². The highest BCUT2D eigenvalue weighted by Crippen LogP contribution is 2.18. The zero-order chi connectivity index (χ0) is 7.44. The number of rotatable bonds is 2. The first-order valence-electron chi connectivity index (χ1n) is 2.02. The molecule has 0 spiro atoms. The maximum atomic E-state index is 11.8. The average molecular weight is 195 g/mol. The highest BCUT2D eigenvalue weighted by atomic mass is 35.7. The fourth-order valence-corrected chi connectivity index (χ4v) is 1.45. The zero-order valence-corrected chi connectivity index (χ0v) is 6.84. The summed E-state index contributed by atoms with van der Waals surface area (Å²) in [6.07, 6.45) is -2.33. The molecule has 0 saturated carbocycles. The number of allylic oxidation sites excluding steroid dienone is 1. The van der Waals surface area contributed by atoms with E-state index >= 15 is 0 Å². The Labute approximate surface area is 61.3 Å². The predicted octanol–water partition coefficient (Wildman–Crippen LogP) is 2.76. The van der Waals surface area contributed by atoms with Crippen LogP contribution in [0.15, 0.2) is 11.9 Å². The lowest BCUT2D eigenvalue weighted by Gasteiger charge is -1.92. The third kappa shape index (κ3) is 4.81. The molecule has 0 amide bonds. The normalized spacial score (nSPS) is 10.0. The van der Waals surface area contributed by atoms with Crippen LogP contribution in [0.2, 0.25) is 6.04 Å². The van der Waals surface area contributed by atoms with Crippen LogP contribution in [0.25, 0.3) is 0 Å². The van der Waals surface area contributed by atoms with Gasteiger partial charge in [-0.05, 0) is 0 Å². The van der Waals surface area contributed by atoms with Gasteiger partial charge in [-0.2, -0.15) is 8.78 Å². The van der Waals surface area contributed by atoms with Crippen LogP contribution in [-0.4, -0.2) is 7.42 Å². The second-order valence-electron chi connectivity index (χ2n) is 1.26. The van der Waals surface area contributed by atoms with E-state index in [1.54, 1.807) is 0 Å². The topological polar surface area (TPSA) is 0 Å². The molecule has 6 heteroatoms. The van der Waals surface area contributed by atoms with Crippen molar-refractivity contribution < 1.29 is 13.2 Å². The summed E-state index contributed by atoms with van der Waals surface area (Å²) in [5.41, 5.74) is 0. The third-order valence-corrected chi connectivity index (χ3v) is 2.13. The van der Waals surface area contributed by atoms with Crippen molar-refractivity contribution in [1.82, 2.24) is 0 Å². The van der Waals surface area contributed by atoms with Crippen LogP contribution in [0, 0.1) is 0 Å². The van der Waals surface area contributed by atoms with Crippen molar-refractivity contribution in [3.05, 3.63) is 11.9 Å². The van der Waals surface area contributed by atoms with Crippen LogP contribution in [0.1, 0.15) is 0 Å². The van der Waals surface area contributed by atoms with E-state index < -0.39 is 25.4 Å². The molecule has 0 heterocycles. The Kier molecular flexibility index (Phi) is 4.34. The molecule has 0 rings (SSSR count).